The number of carbonyl (C=O) groups is 3. The second-order valence-electron chi connectivity index (χ2n) is 8.20. The number of nitrogens with one attached hydrogen (secondary N) is 2. The van der Waals surface area contributed by atoms with Crippen molar-refractivity contribution in [2.24, 2.45) is 0 Å². The molecule has 4 N–H and O–H groups in total. The van der Waals surface area contributed by atoms with Crippen molar-refractivity contribution in [2.75, 3.05) is 39.5 Å². The average molecular weight is 549 g/mol. The zero-order chi connectivity index (χ0) is 28.2. The number of hydrogen-bond acceptors (Lipinski definition) is 9. The van der Waals surface area contributed by atoms with Gasteiger partial charge in [0, 0.05) is 25.6 Å². The van der Waals surface area contributed by atoms with Crippen molar-refractivity contribution in [3.05, 3.63) is 41.1 Å². The van der Waals surface area contributed by atoms with Crippen LogP contribution in [0.3, 0.4) is 0 Å². The molecule has 0 aliphatic rings. The molecule has 0 aliphatic heterocycles. The van der Waals surface area contributed by atoms with Crippen LogP contribution >= 0.6 is 11.6 Å². The summed E-state index contributed by atoms with van der Waals surface area (Å²) in [5.41, 5.74) is 7.70. The number of nitrogens with two attached hydrogens (primary N) is 1. The van der Waals surface area contributed by atoms with Gasteiger partial charge in [0.1, 0.15) is 17.4 Å². The van der Waals surface area contributed by atoms with E-state index in [1.165, 1.54) is 6.20 Å². The Bertz CT molecular complexity index is 1260. The minimum Gasteiger partial charge on any atom is -0.554 e. The molecule has 0 atom stereocenters. The number of benzene rings is 1. The van der Waals surface area contributed by atoms with Crippen molar-refractivity contribution >= 4 is 46.7 Å². The molecule has 0 saturated carbocycles. The molecule has 0 spiro atoms. The van der Waals surface area contributed by atoms with E-state index in [1.54, 1.807) is 0 Å². The van der Waals surface area contributed by atoms with E-state index in [1.807, 2.05) is 51.0 Å². The Kier molecular flexibility index (Phi) is 11.7. The molecule has 13 nitrogen and oxygen atoms in total. The zero-order valence-corrected chi connectivity index (χ0v) is 22.6. The number of ether oxygens (including phenoxy) is 1. The summed E-state index contributed by atoms with van der Waals surface area (Å²) in [5, 5.41) is 14.0. The maximum absolute atomic E-state index is 12.7. The van der Waals surface area contributed by atoms with Crippen LogP contribution in [0.5, 0.6) is 5.75 Å². The van der Waals surface area contributed by atoms with Crippen LogP contribution < -0.4 is 30.8 Å². The molecule has 1 aromatic carbocycles. The van der Waals surface area contributed by atoms with Crippen molar-refractivity contribution in [3.63, 3.8) is 0 Å². The first-order chi connectivity index (χ1) is 18.2. The third-order valence-electron chi connectivity index (χ3n) is 5.43. The number of carbonyl (C=O) groups excluding carboxylic acids is 3. The van der Waals surface area contributed by atoms with Crippen molar-refractivity contribution in [1.82, 2.24) is 30.1 Å². The maximum Gasteiger partial charge on any atom is 0.277 e. The lowest BCUT2D eigenvalue weighted by atomic mass is 10.3. The molecule has 206 valence electrons. The van der Waals surface area contributed by atoms with Gasteiger partial charge >= 0.3 is 0 Å². The number of aryl methyl sites for hydroxylation is 2. The first-order valence-electron chi connectivity index (χ1n) is 11.9. The van der Waals surface area contributed by atoms with Crippen LogP contribution in [0, 0.1) is 0 Å². The largest absolute Gasteiger partial charge is 0.554 e. The fourth-order valence-corrected chi connectivity index (χ4v) is 3.90. The number of anilines is 1. The third-order valence-corrected chi connectivity index (χ3v) is 5.61. The van der Waals surface area contributed by atoms with E-state index in [-0.39, 0.29) is 35.7 Å². The number of rotatable bonds is 11. The highest BCUT2D eigenvalue weighted by Crippen LogP contribution is 2.22. The monoisotopic (exact) mass is 548 g/mol. The molecular formula is C24H33ClN8O5. The molecule has 38 heavy (non-hydrogen) atoms. The van der Waals surface area contributed by atoms with Crippen LogP contribution in [0.4, 0.5) is 5.82 Å². The van der Waals surface area contributed by atoms with Crippen LogP contribution in [0.1, 0.15) is 30.2 Å². The first-order valence-corrected chi connectivity index (χ1v) is 12.2. The lowest BCUT2D eigenvalue weighted by molar-refractivity contribution is -0.676. The van der Waals surface area contributed by atoms with Crippen molar-refractivity contribution < 1.29 is 28.8 Å². The Morgan fingerprint density at radius 2 is 2.00 bits per heavy atom. The van der Waals surface area contributed by atoms with Gasteiger partial charge in [-0.05, 0) is 40.1 Å². The van der Waals surface area contributed by atoms with Gasteiger partial charge < -0.3 is 35.9 Å². The molecule has 2 amide bonds. The molecule has 3 rings (SSSR count). The predicted molar refractivity (Wildman–Crippen MR) is 139 cm³/mol. The summed E-state index contributed by atoms with van der Waals surface area (Å²) < 4.78 is 9.94. The number of nitrogens with zero attached hydrogens (tertiary/aromatic N) is 5. The van der Waals surface area contributed by atoms with E-state index in [0.29, 0.717) is 25.4 Å². The van der Waals surface area contributed by atoms with E-state index in [2.05, 4.69) is 29.7 Å². The molecule has 0 radical (unpaired) electrons. The summed E-state index contributed by atoms with van der Waals surface area (Å²) in [7, 11) is 3.90. The van der Waals surface area contributed by atoms with E-state index >= 15 is 0 Å². The molecule has 14 heteroatoms. The summed E-state index contributed by atoms with van der Waals surface area (Å²) >= 11 is 5.87. The molecule has 2 aromatic heterocycles. The highest BCUT2D eigenvalue weighted by molar-refractivity contribution is 6.29. The highest BCUT2D eigenvalue weighted by atomic mass is 35.5. The van der Waals surface area contributed by atoms with E-state index in [4.69, 9.17) is 32.0 Å². The Labute approximate surface area is 225 Å². The molecule has 0 bridgehead atoms. The van der Waals surface area contributed by atoms with Gasteiger partial charge in [0.15, 0.2) is 29.2 Å². The number of nitrogen functional groups attached to an aromatic ring is 1. The summed E-state index contributed by atoms with van der Waals surface area (Å²) in [4.78, 5) is 42.9. The van der Waals surface area contributed by atoms with Crippen LogP contribution in [0.2, 0.25) is 5.15 Å². The summed E-state index contributed by atoms with van der Waals surface area (Å²) in [6, 6.07) is 5.70. The van der Waals surface area contributed by atoms with Gasteiger partial charge in [-0.15, -0.1) is 0 Å². The number of amides is 2. The van der Waals surface area contributed by atoms with Crippen LogP contribution in [0.25, 0.3) is 11.0 Å². The van der Waals surface area contributed by atoms with Crippen LogP contribution in [-0.2, 0) is 29.2 Å². The van der Waals surface area contributed by atoms with Crippen molar-refractivity contribution in [2.45, 2.75) is 33.5 Å². The Balaban J connectivity index is 0.00000161. The van der Waals surface area contributed by atoms with Gasteiger partial charge in [-0.1, -0.05) is 11.6 Å². The Morgan fingerprint density at radius 1 is 1.29 bits per heavy atom. The molecule has 2 heterocycles. The fraction of sp³-hybridized carbons (Fsp3) is 0.417. The SMILES string of the molecule is CCn1c(CNC(=O)c2nc(Cl)cnc2N)[n+](CC)c2ccc(OCC(=O)NCCN(C)C)cc21.O=C[O-]. The second-order valence-corrected chi connectivity index (χ2v) is 8.59. The number of halogens is 1. The topological polar surface area (TPSA) is 171 Å². The highest BCUT2D eigenvalue weighted by Gasteiger charge is 2.25. The van der Waals surface area contributed by atoms with Crippen LogP contribution in [-0.4, -0.2) is 71.5 Å². The molecule has 3 aromatic rings. The van der Waals surface area contributed by atoms with Crippen LogP contribution in [0.15, 0.2) is 24.4 Å². The second kappa shape index (κ2) is 14.7. The Morgan fingerprint density at radius 3 is 2.63 bits per heavy atom. The summed E-state index contributed by atoms with van der Waals surface area (Å²) in [5.74, 6) is 0.864. The van der Waals surface area contributed by atoms with E-state index < -0.39 is 12.4 Å². The number of likely N-dealkylation sites (N-methyl/N-ethyl adjacent to an activating group) is 1. The standard InChI is InChI=1S/C23H31ClN8O3.CH2O2/c1-5-31-16-8-7-15(35-14-19(33)26-9-10-30(3)4)11-17(16)32(6-2)20(31)13-28-23(34)21-22(25)27-12-18(24)29-21;2-1-3/h7-8,11-12H,5-6,9-10,13-14H2,1-4H3,(H3-,25,26,27,28,33,34);1H,(H,2,3). The zero-order valence-electron chi connectivity index (χ0n) is 21.9. The number of aromatic nitrogens is 4. The van der Waals surface area contributed by atoms with Gasteiger partial charge in [0.2, 0.25) is 0 Å². The minimum atomic E-state index is -0.500. The van der Waals surface area contributed by atoms with Gasteiger partial charge in [-0.3, -0.25) is 9.59 Å². The maximum atomic E-state index is 12.7. The Hall–Kier alpha value is -3.97. The molecule has 0 unspecified atom stereocenters. The van der Waals surface area contributed by atoms with Crippen molar-refractivity contribution in [1.29, 1.82) is 0 Å². The quantitative estimate of drug-likeness (QED) is 0.208. The number of carboxylic acid groups (broad SMARTS) is 1. The smallest absolute Gasteiger partial charge is 0.277 e. The van der Waals surface area contributed by atoms with E-state index in [9.17, 15) is 9.59 Å². The lowest BCUT2D eigenvalue weighted by Crippen LogP contribution is -2.40. The van der Waals surface area contributed by atoms with Crippen molar-refractivity contribution in [3.8, 4) is 5.75 Å². The molecule has 0 saturated heterocycles. The van der Waals surface area contributed by atoms with Gasteiger partial charge in [-0.2, -0.15) is 0 Å². The van der Waals surface area contributed by atoms with E-state index in [0.717, 1.165) is 23.4 Å². The predicted octanol–water partition coefficient (Wildman–Crippen LogP) is -0.653. The average Bonchev–Trinajstić information content (AvgIpc) is 3.19. The third kappa shape index (κ3) is 8.02. The summed E-state index contributed by atoms with van der Waals surface area (Å²) in [6.07, 6.45) is 1.29. The normalized spacial score (nSPS) is 10.6. The number of hydrogen-bond donors (Lipinski definition) is 3. The van der Waals surface area contributed by atoms with Gasteiger partial charge in [0.05, 0.1) is 19.3 Å². The van der Waals surface area contributed by atoms with Gasteiger partial charge in [0.25, 0.3) is 17.6 Å². The number of fused-ring (bicyclic) bond motifs is 1. The molecule has 0 aliphatic carbocycles. The lowest BCUT2D eigenvalue weighted by Gasteiger charge is -2.11. The van der Waals surface area contributed by atoms with Gasteiger partial charge in [-0.25, -0.2) is 19.1 Å². The fourth-order valence-electron chi connectivity index (χ4n) is 3.76. The summed E-state index contributed by atoms with van der Waals surface area (Å²) in [6.45, 7) is 6.42. The molecular weight excluding hydrogens is 516 g/mol. The number of imidazole rings is 1. The minimum absolute atomic E-state index is 0.0128. The first kappa shape index (κ1) is 30.3. The molecule has 0 fully saturated rings.